The zero-order valence-corrected chi connectivity index (χ0v) is 25.5. The highest BCUT2D eigenvalue weighted by atomic mass is 16.7. The molecule has 0 aliphatic rings. The van der Waals surface area contributed by atoms with Crippen molar-refractivity contribution in [3.63, 3.8) is 0 Å². The van der Waals surface area contributed by atoms with Crippen molar-refractivity contribution in [3.05, 3.63) is 23.8 Å². The molecule has 0 fully saturated rings. The van der Waals surface area contributed by atoms with E-state index < -0.39 is 47.9 Å². The maximum Gasteiger partial charge on any atom is 0.513 e. The molecule has 0 aliphatic carbocycles. The lowest BCUT2D eigenvalue weighted by Crippen LogP contribution is -2.40. The molecule has 1 rings (SSSR count). The van der Waals surface area contributed by atoms with Crippen LogP contribution in [0.5, 0.6) is 11.5 Å². The lowest BCUT2D eigenvalue weighted by molar-refractivity contribution is -0.171. The van der Waals surface area contributed by atoms with Crippen molar-refractivity contribution in [1.29, 1.82) is 0 Å². The Morgan fingerprint density at radius 3 is 1.80 bits per heavy atom. The average molecular weight is 582 g/mol. The number of ether oxygens (including phenoxy) is 6. The fraction of sp³-hybridized carbons (Fsp3) is 0.667. The standard InChI is InChI=1S/C30H47NO10/c1-8-10-12-16-36-28(34)40-24-15-14-22(19-25(24)41-29(35)37-17-13-11-9-2)18-23(31)26(32)38-20(3)21(4)39-27(33)30(5,6)7/h14-15,19-21,23H,8-13,16-18,31H2,1-7H3/t20-,21?,23-/m0/s1. The summed E-state index contributed by atoms with van der Waals surface area (Å²) in [4.78, 5) is 49.2. The quantitative estimate of drug-likeness (QED) is 0.108. The van der Waals surface area contributed by atoms with Gasteiger partial charge >= 0.3 is 24.2 Å². The van der Waals surface area contributed by atoms with E-state index in [9.17, 15) is 19.2 Å². The number of carbonyl (C=O) groups is 4. The van der Waals surface area contributed by atoms with Crippen molar-refractivity contribution in [1.82, 2.24) is 0 Å². The molecule has 0 saturated carbocycles. The fourth-order valence-electron chi connectivity index (χ4n) is 3.24. The number of esters is 2. The summed E-state index contributed by atoms with van der Waals surface area (Å²) < 4.78 is 31.6. The smallest absolute Gasteiger partial charge is 0.458 e. The molecule has 3 atom stereocenters. The second-order valence-electron chi connectivity index (χ2n) is 10.9. The molecular weight excluding hydrogens is 534 g/mol. The monoisotopic (exact) mass is 581 g/mol. The molecule has 1 aromatic carbocycles. The number of unbranched alkanes of at least 4 members (excludes halogenated alkanes) is 4. The molecule has 41 heavy (non-hydrogen) atoms. The van der Waals surface area contributed by atoms with E-state index in [0.29, 0.717) is 18.4 Å². The highest BCUT2D eigenvalue weighted by molar-refractivity contribution is 5.77. The first-order chi connectivity index (χ1) is 19.3. The molecule has 0 saturated heterocycles. The molecular formula is C30H47NO10. The summed E-state index contributed by atoms with van der Waals surface area (Å²) in [6.07, 6.45) is 1.81. The van der Waals surface area contributed by atoms with Crippen LogP contribution < -0.4 is 15.2 Å². The Morgan fingerprint density at radius 2 is 1.29 bits per heavy atom. The molecule has 1 unspecified atom stereocenters. The second-order valence-corrected chi connectivity index (χ2v) is 10.9. The van der Waals surface area contributed by atoms with Crippen LogP contribution in [0.2, 0.25) is 0 Å². The van der Waals surface area contributed by atoms with Gasteiger partial charge in [0.2, 0.25) is 0 Å². The van der Waals surface area contributed by atoms with Gasteiger partial charge in [-0.25, -0.2) is 9.59 Å². The summed E-state index contributed by atoms with van der Waals surface area (Å²) in [6.45, 7) is 12.9. The van der Waals surface area contributed by atoms with Crippen LogP contribution in [0.25, 0.3) is 0 Å². The average Bonchev–Trinajstić information content (AvgIpc) is 2.89. The highest BCUT2D eigenvalue weighted by Gasteiger charge is 2.29. The Morgan fingerprint density at radius 1 is 0.780 bits per heavy atom. The van der Waals surface area contributed by atoms with Crippen molar-refractivity contribution in [2.24, 2.45) is 11.1 Å². The molecule has 0 radical (unpaired) electrons. The summed E-state index contributed by atoms with van der Waals surface area (Å²) in [5.74, 6) is -1.27. The first-order valence-corrected chi connectivity index (χ1v) is 14.3. The van der Waals surface area contributed by atoms with Crippen LogP contribution in [-0.4, -0.2) is 55.7 Å². The Hall–Kier alpha value is -3.34. The van der Waals surface area contributed by atoms with E-state index in [0.717, 1.165) is 25.7 Å². The highest BCUT2D eigenvalue weighted by Crippen LogP contribution is 2.30. The van der Waals surface area contributed by atoms with E-state index in [1.807, 2.05) is 13.8 Å². The first-order valence-electron chi connectivity index (χ1n) is 14.3. The summed E-state index contributed by atoms with van der Waals surface area (Å²) in [5, 5.41) is 0. The Balaban J connectivity index is 2.91. The molecule has 0 spiro atoms. The molecule has 1 aromatic rings. The molecule has 0 amide bonds. The second kappa shape index (κ2) is 18.2. The summed E-state index contributed by atoms with van der Waals surface area (Å²) in [7, 11) is 0. The van der Waals surface area contributed by atoms with Crippen LogP contribution in [0.15, 0.2) is 18.2 Å². The molecule has 0 bridgehead atoms. The number of hydrogen-bond acceptors (Lipinski definition) is 11. The van der Waals surface area contributed by atoms with Gasteiger partial charge in [-0.05, 0) is 71.6 Å². The summed E-state index contributed by atoms with van der Waals surface area (Å²) in [5.41, 5.74) is 5.90. The fourth-order valence-corrected chi connectivity index (χ4v) is 3.24. The predicted octanol–water partition coefficient (Wildman–Crippen LogP) is 5.88. The number of rotatable bonds is 16. The first kappa shape index (κ1) is 35.7. The zero-order valence-electron chi connectivity index (χ0n) is 25.5. The lowest BCUT2D eigenvalue weighted by Gasteiger charge is -2.25. The normalized spacial score (nSPS) is 13.4. The number of nitrogens with two attached hydrogens (primary N) is 1. The van der Waals surface area contributed by atoms with Crippen molar-refractivity contribution in [2.75, 3.05) is 13.2 Å². The van der Waals surface area contributed by atoms with Gasteiger partial charge in [0.1, 0.15) is 18.2 Å². The Bertz CT molecular complexity index is 988. The minimum Gasteiger partial charge on any atom is -0.458 e. The number of hydrogen-bond donors (Lipinski definition) is 1. The van der Waals surface area contributed by atoms with Crippen molar-refractivity contribution in [2.45, 2.75) is 112 Å². The Labute approximate surface area is 243 Å². The van der Waals surface area contributed by atoms with Crippen LogP contribution in [0, 0.1) is 5.41 Å². The van der Waals surface area contributed by atoms with Gasteiger partial charge in [-0.15, -0.1) is 0 Å². The summed E-state index contributed by atoms with van der Waals surface area (Å²) in [6, 6.07) is 3.34. The van der Waals surface area contributed by atoms with E-state index in [2.05, 4.69) is 0 Å². The molecule has 0 heterocycles. The van der Waals surface area contributed by atoms with Crippen LogP contribution >= 0.6 is 0 Å². The van der Waals surface area contributed by atoms with E-state index in [1.165, 1.54) is 12.1 Å². The largest absolute Gasteiger partial charge is 0.513 e. The van der Waals surface area contributed by atoms with Gasteiger partial charge in [0.25, 0.3) is 0 Å². The third kappa shape index (κ3) is 14.2. The molecule has 232 valence electrons. The van der Waals surface area contributed by atoms with Gasteiger partial charge < -0.3 is 34.2 Å². The third-order valence-corrected chi connectivity index (χ3v) is 5.96. The SMILES string of the molecule is CCCCCOC(=O)Oc1ccc(C[C@H](N)C(=O)O[C@@H](C)C(C)OC(=O)C(C)(C)C)cc1OC(=O)OCCCCC. The van der Waals surface area contributed by atoms with Gasteiger partial charge in [0, 0.05) is 0 Å². The Kier molecular flexibility index (Phi) is 15.8. The van der Waals surface area contributed by atoms with Crippen molar-refractivity contribution < 1.29 is 47.6 Å². The van der Waals surface area contributed by atoms with Gasteiger partial charge in [0.15, 0.2) is 11.5 Å². The molecule has 2 N–H and O–H groups in total. The van der Waals surface area contributed by atoms with Gasteiger partial charge in [-0.2, -0.15) is 0 Å². The van der Waals surface area contributed by atoms with Gasteiger partial charge in [-0.3, -0.25) is 9.59 Å². The third-order valence-electron chi connectivity index (χ3n) is 5.96. The minimum absolute atomic E-state index is 0.0192. The maximum absolute atomic E-state index is 12.7. The van der Waals surface area contributed by atoms with Crippen LogP contribution in [0.3, 0.4) is 0 Å². The number of benzene rings is 1. The zero-order chi connectivity index (χ0) is 31.0. The van der Waals surface area contributed by atoms with Crippen LogP contribution in [0.1, 0.15) is 92.6 Å². The van der Waals surface area contributed by atoms with Crippen molar-refractivity contribution in [3.8, 4) is 11.5 Å². The van der Waals surface area contributed by atoms with Gasteiger partial charge in [0.05, 0.1) is 18.6 Å². The van der Waals surface area contributed by atoms with E-state index in [4.69, 9.17) is 34.2 Å². The summed E-state index contributed by atoms with van der Waals surface area (Å²) >= 11 is 0. The number of carbonyl (C=O) groups excluding carboxylic acids is 4. The molecule has 11 nitrogen and oxygen atoms in total. The van der Waals surface area contributed by atoms with E-state index >= 15 is 0 Å². The predicted molar refractivity (Wildman–Crippen MR) is 152 cm³/mol. The lowest BCUT2D eigenvalue weighted by atomic mass is 9.97. The molecule has 0 aliphatic heterocycles. The van der Waals surface area contributed by atoms with Gasteiger partial charge in [-0.1, -0.05) is 45.6 Å². The minimum atomic E-state index is -1.08. The topological polar surface area (TPSA) is 150 Å². The molecule has 11 heteroatoms. The van der Waals surface area contributed by atoms with Crippen LogP contribution in [-0.2, 0) is 35.0 Å². The van der Waals surface area contributed by atoms with Crippen molar-refractivity contribution >= 4 is 24.2 Å². The van der Waals surface area contributed by atoms with E-state index in [1.54, 1.807) is 40.7 Å². The van der Waals surface area contributed by atoms with Crippen LogP contribution in [0.4, 0.5) is 9.59 Å². The maximum atomic E-state index is 12.7. The molecule has 0 aromatic heterocycles. The van der Waals surface area contributed by atoms with E-state index in [-0.39, 0.29) is 31.1 Å².